The van der Waals surface area contributed by atoms with Crippen molar-refractivity contribution in [1.82, 2.24) is 5.32 Å². The molecular formula is C15H21FN2O. The smallest absolute Gasteiger partial charge is 0.251 e. The lowest BCUT2D eigenvalue weighted by Gasteiger charge is -2.18. The first-order chi connectivity index (χ1) is 9.11. The Morgan fingerprint density at radius 1 is 1.42 bits per heavy atom. The molecule has 0 bridgehead atoms. The van der Waals surface area contributed by atoms with Gasteiger partial charge in [-0.25, -0.2) is 4.39 Å². The number of aryl methyl sites for hydroxylation is 1. The highest BCUT2D eigenvalue weighted by Gasteiger charge is 2.26. The Labute approximate surface area is 113 Å². The van der Waals surface area contributed by atoms with Crippen molar-refractivity contribution in [3.63, 3.8) is 0 Å². The fourth-order valence-electron chi connectivity index (χ4n) is 2.85. The molecule has 1 aliphatic carbocycles. The van der Waals surface area contributed by atoms with Gasteiger partial charge in [-0.15, -0.1) is 0 Å². The summed E-state index contributed by atoms with van der Waals surface area (Å²) < 4.78 is 13.2. The molecule has 0 aliphatic heterocycles. The van der Waals surface area contributed by atoms with E-state index in [4.69, 9.17) is 5.73 Å². The maximum absolute atomic E-state index is 13.2. The molecule has 0 saturated heterocycles. The van der Waals surface area contributed by atoms with Crippen molar-refractivity contribution >= 4 is 5.91 Å². The van der Waals surface area contributed by atoms with Gasteiger partial charge in [-0.05, 0) is 55.8 Å². The van der Waals surface area contributed by atoms with Crippen molar-refractivity contribution in [2.45, 2.75) is 26.2 Å². The number of rotatable bonds is 4. The maximum atomic E-state index is 13.2. The molecule has 1 amide bonds. The van der Waals surface area contributed by atoms with Crippen molar-refractivity contribution in [2.24, 2.45) is 17.6 Å². The number of halogens is 1. The summed E-state index contributed by atoms with van der Waals surface area (Å²) in [5, 5.41) is 2.91. The molecule has 4 heteroatoms. The Bertz CT molecular complexity index is 461. The van der Waals surface area contributed by atoms with E-state index >= 15 is 0 Å². The van der Waals surface area contributed by atoms with Gasteiger partial charge in [0.1, 0.15) is 5.82 Å². The van der Waals surface area contributed by atoms with Gasteiger partial charge in [0, 0.05) is 12.1 Å². The number of nitrogens with one attached hydrogen (secondary N) is 1. The predicted molar refractivity (Wildman–Crippen MR) is 73.4 cm³/mol. The van der Waals surface area contributed by atoms with Gasteiger partial charge in [-0.1, -0.05) is 12.5 Å². The molecule has 0 heterocycles. The second-order valence-corrected chi connectivity index (χ2v) is 5.36. The Kier molecular flexibility index (Phi) is 4.53. The van der Waals surface area contributed by atoms with Gasteiger partial charge >= 0.3 is 0 Å². The van der Waals surface area contributed by atoms with Gasteiger partial charge in [0.2, 0.25) is 0 Å². The molecule has 2 rings (SSSR count). The zero-order chi connectivity index (χ0) is 13.8. The van der Waals surface area contributed by atoms with Crippen LogP contribution in [0.5, 0.6) is 0 Å². The molecule has 104 valence electrons. The fraction of sp³-hybridized carbons (Fsp3) is 0.533. The third-order valence-corrected chi connectivity index (χ3v) is 4.09. The average Bonchev–Trinajstić information content (AvgIpc) is 2.86. The maximum Gasteiger partial charge on any atom is 0.251 e. The number of hydrogen-bond donors (Lipinski definition) is 2. The largest absolute Gasteiger partial charge is 0.352 e. The molecule has 2 unspecified atom stereocenters. The quantitative estimate of drug-likeness (QED) is 0.876. The summed E-state index contributed by atoms with van der Waals surface area (Å²) in [7, 11) is 0. The summed E-state index contributed by atoms with van der Waals surface area (Å²) >= 11 is 0. The summed E-state index contributed by atoms with van der Waals surface area (Å²) in [6.07, 6.45) is 3.45. The van der Waals surface area contributed by atoms with Crippen LogP contribution in [-0.4, -0.2) is 19.0 Å². The zero-order valence-corrected chi connectivity index (χ0v) is 11.3. The van der Waals surface area contributed by atoms with Crippen LogP contribution in [0.1, 0.15) is 35.2 Å². The number of carbonyl (C=O) groups excluding carboxylic acids is 1. The van der Waals surface area contributed by atoms with Crippen LogP contribution in [-0.2, 0) is 0 Å². The highest BCUT2D eigenvalue weighted by atomic mass is 19.1. The highest BCUT2D eigenvalue weighted by molar-refractivity contribution is 5.95. The highest BCUT2D eigenvalue weighted by Crippen LogP contribution is 2.30. The molecule has 3 N–H and O–H groups in total. The molecule has 3 nitrogen and oxygen atoms in total. The van der Waals surface area contributed by atoms with E-state index in [0.29, 0.717) is 30.5 Å². The molecule has 0 radical (unpaired) electrons. The molecule has 0 aromatic heterocycles. The number of nitrogens with two attached hydrogens (primary N) is 1. The van der Waals surface area contributed by atoms with E-state index in [0.717, 1.165) is 18.4 Å². The second kappa shape index (κ2) is 6.15. The van der Waals surface area contributed by atoms with Crippen LogP contribution in [0.15, 0.2) is 18.2 Å². The Balaban J connectivity index is 1.96. The van der Waals surface area contributed by atoms with E-state index in [-0.39, 0.29) is 11.7 Å². The SMILES string of the molecule is Cc1ccc(F)cc1C(=O)NCC1CCCC1CN. The number of benzene rings is 1. The minimum atomic E-state index is -0.378. The van der Waals surface area contributed by atoms with Crippen LogP contribution in [0.25, 0.3) is 0 Å². The molecule has 1 aromatic rings. The lowest BCUT2D eigenvalue weighted by molar-refractivity contribution is 0.0943. The lowest BCUT2D eigenvalue weighted by atomic mass is 9.96. The van der Waals surface area contributed by atoms with Crippen LogP contribution in [0.3, 0.4) is 0 Å². The summed E-state index contributed by atoms with van der Waals surface area (Å²) in [5.74, 6) is 0.396. The van der Waals surface area contributed by atoms with E-state index in [9.17, 15) is 9.18 Å². The lowest BCUT2D eigenvalue weighted by Crippen LogP contribution is -2.33. The summed E-state index contributed by atoms with van der Waals surface area (Å²) in [5.41, 5.74) is 6.93. The third-order valence-electron chi connectivity index (χ3n) is 4.09. The predicted octanol–water partition coefficient (Wildman–Crippen LogP) is 2.24. The monoisotopic (exact) mass is 264 g/mol. The molecular weight excluding hydrogens is 243 g/mol. The standard InChI is InChI=1S/C15H21FN2O/c1-10-5-6-13(16)7-14(10)15(19)18-9-12-4-2-3-11(12)8-17/h5-7,11-12H,2-4,8-9,17H2,1H3,(H,18,19). The Morgan fingerprint density at radius 3 is 2.89 bits per heavy atom. The van der Waals surface area contributed by atoms with E-state index in [1.807, 2.05) is 6.92 Å². The first kappa shape index (κ1) is 14.0. The van der Waals surface area contributed by atoms with Gasteiger partial charge < -0.3 is 11.1 Å². The van der Waals surface area contributed by atoms with Gasteiger partial charge in [-0.3, -0.25) is 4.79 Å². The van der Waals surface area contributed by atoms with Gasteiger partial charge in [0.15, 0.2) is 0 Å². The van der Waals surface area contributed by atoms with Crippen LogP contribution < -0.4 is 11.1 Å². The fourth-order valence-corrected chi connectivity index (χ4v) is 2.85. The van der Waals surface area contributed by atoms with Crippen molar-refractivity contribution in [3.05, 3.63) is 35.1 Å². The van der Waals surface area contributed by atoms with Crippen molar-refractivity contribution in [2.75, 3.05) is 13.1 Å². The zero-order valence-electron chi connectivity index (χ0n) is 11.3. The van der Waals surface area contributed by atoms with Crippen LogP contribution in [0.4, 0.5) is 4.39 Å². The van der Waals surface area contributed by atoms with E-state index in [1.54, 1.807) is 6.07 Å². The van der Waals surface area contributed by atoms with E-state index in [2.05, 4.69) is 5.32 Å². The Morgan fingerprint density at radius 2 is 2.16 bits per heavy atom. The molecule has 0 spiro atoms. The van der Waals surface area contributed by atoms with E-state index in [1.165, 1.54) is 18.6 Å². The second-order valence-electron chi connectivity index (χ2n) is 5.36. The molecule has 1 aliphatic rings. The summed E-state index contributed by atoms with van der Waals surface area (Å²) in [4.78, 5) is 12.1. The summed E-state index contributed by atoms with van der Waals surface area (Å²) in [6.45, 7) is 3.13. The minimum absolute atomic E-state index is 0.195. The molecule has 19 heavy (non-hydrogen) atoms. The van der Waals surface area contributed by atoms with Crippen LogP contribution in [0.2, 0.25) is 0 Å². The minimum Gasteiger partial charge on any atom is -0.352 e. The van der Waals surface area contributed by atoms with Gasteiger partial charge in [0.05, 0.1) is 0 Å². The number of hydrogen-bond acceptors (Lipinski definition) is 2. The summed E-state index contributed by atoms with van der Waals surface area (Å²) in [6, 6.07) is 4.29. The first-order valence-corrected chi connectivity index (χ1v) is 6.86. The van der Waals surface area contributed by atoms with Crippen LogP contribution in [0, 0.1) is 24.6 Å². The number of carbonyl (C=O) groups is 1. The van der Waals surface area contributed by atoms with Crippen molar-refractivity contribution < 1.29 is 9.18 Å². The number of amides is 1. The molecule has 1 aromatic carbocycles. The topological polar surface area (TPSA) is 55.1 Å². The van der Waals surface area contributed by atoms with Crippen molar-refractivity contribution in [1.29, 1.82) is 0 Å². The average molecular weight is 264 g/mol. The van der Waals surface area contributed by atoms with Gasteiger partial charge in [0.25, 0.3) is 5.91 Å². The Hall–Kier alpha value is -1.42. The molecule has 1 saturated carbocycles. The normalized spacial score (nSPS) is 22.5. The van der Waals surface area contributed by atoms with Crippen molar-refractivity contribution in [3.8, 4) is 0 Å². The third kappa shape index (κ3) is 3.32. The van der Waals surface area contributed by atoms with Crippen LogP contribution >= 0.6 is 0 Å². The van der Waals surface area contributed by atoms with E-state index < -0.39 is 0 Å². The van der Waals surface area contributed by atoms with Gasteiger partial charge in [-0.2, -0.15) is 0 Å². The first-order valence-electron chi connectivity index (χ1n) is 6.86. The molecule has 1 fully saturated rings. The molecule has 2 atom stereocenters.